The number of amides is 1. The highest BCUT2D eigenvalue weighted by Gasteiger charge is 2.16. The number of ether oxygens (including phenoxy) is 1. The van der Waals surface area contributed by atoms with Crippen LogP contribution >= 0.6 is 0 Å². The first-order chi connectivity index (χ1) is 13.7. The van der Waals surface area contributed by atoms with Gasteiger partial charge in [0, 0.05) is 12.5 Å². The van der Waals surface area contributed by atoms with Gasteiger partial charge in [-0.2, -0.15) is 0 Å². The highest BCUT2D eigenvalue weighted by molar-refractivity contribution is 5.70. The molecule has 0 radical (unpaired) electrons. The largest absolute Gasteiger partial charge is 0.412 e. The number of rotatable bonds is 8. The summed E-state index contributed by atoms with van der Waals surface area (Å²) in [6.45, 7) is 2.81. The molecule has 0 aliphatic rings. The van der Waals surface area contributed by atoms with Crippen molar-refractivity contribution in [2.75, 3.05) is 6.54 Å². The molecular formula is C25H27NO2. The number of hydrogen-bond donors (Lipinski definition) is 1. The molecule has 3 nitrogen and oxygen atoms in total. The van der Waals surface area contributed by atoms with E-state index in [1.54, 1.807) is 12.1 Å². The summed E-state index contributed by atoms with van der Waals surface area (Å²) in [4.78, 5) is 12.2. The second kappa shape index (κ2) is 10.3. The molecule has 28 heavy (non-hydrogen) atoms. The molecule has 2 unspecified atom stereocenters. The van der Waals surface area contributed by atoms with E-state index in [2.05, 4.69) is 48.6 Å². The van der Waals surface area contributed by atoms with Crippen LogP contribution in [0.5, 0.6) is 5.75 Å². The molecule has 3 rings (SSSR count). The summed E-state index contributed by atoms with van der Waals surface area (Å²) in [5.41, 5.74) is 2.59. The zero-order valence-electron chi connectivity index (χ0n) is 16.3. The average molecular weight is 373 g/mol. The van der Waals surface area contributed by atoms with Gasteiger partial charge in [0.2, 0.25) is 0 Å². The molecule has 0 aromatic heterocycles. The molecule has 0 aliphatic heterocycles. The van der Waals surface area contributed by atoms with Crippen molar-refractivity contribution in [3.8, 4) is 5.75 Å². The Labute approximate surface area is 167 Å². The summed E-state index contributed by atoms with van der Waals surface area (Å²) in [5, 5.41) is 2.93. The highest BCUT2D eigenvalue weighted by Crippen LogP contribution is 2.27. The van der Waals surface area contributed by atoms with Gasteiger partial charge in [-0.25, -0.2) is 4.79 Å². The Kier molecular flexibility index (Phi) is 7.25. The van der Waals surface area contributed by atoms with E-state index in [9.17, 15) is 4.79 Å². The number of nitrogens with one attached hydrogen (secondary N) is 1. The highest BCUT2D eigenvalue weighted by atomic mass is 16.6. The molecule has 1 N–H and O–H groups in total. The molecule has 0 saturated heterocycles. The summed E-state index contributed by atoms with van der Waals surface area (Å²) in [5.74, 6) is 1.27. The Hall–Kier alpha value is -3.07. The minimum atomic E-state index is -0.414. The third kappa shape index (κ3) is 5.98. The zero-order chi connectivity index (χ0) is 19.6. The smallest absolute Gasteiger partial charge is 0.410 e. The van der Waals surface area contributed by atoms with E-state index in [-0.39, 0.29) is 5.92 Å². The van der Waals surface area contributed by atoms with Crippen LogP contribution in [-0.2, 0) is 0 Å². The number of carbonyl (C=O) groups is 1. The lowest BCUT2D eigenvalue weighted by Gasteiger charge is -2.20. The van der Waals surface area contributed by atoms with Gasteiger partial charge in [0.05, 0.1) is 0 Å². The number of carbonyl (C=O) groups excluding carboxylic acids is 1. The Bertz CT molecular complexity index is 834. The molecule has 2 atom stereocenters. The maximum atomic E-state index is 12.2. The van der Waals surface area contributed by atoms with Crippen molar-refractivity contribution in [2.45, 2.75) is 31.6 Å². The number of benzene rings is 3. The van der Waals surface area contributed by atoms with E-state index in [4.69, 9.17) is 4.74 Å². The van der Waals surface area contributed by atoms with Crippen LogP contribution in [0.25, 0.3) is 0 Å². The van der Waals surface area contributed by atoms with Crippen molar-refractivity contribution in [3.05, 3.63) is 102 Å². The Morgan fingerprint density at radius 3 is 1.93 bits per heavy atom. The van der Waals surface area contributed by atoms with Gasteiger partial charge < -0.3 is 10.1 Å². The number of para-hydroxylation sites is 1. The standard InChI is InChI=1S/C25H27NO2/c1-20(21-11-5-2-6-12-21)17-18-23(22-13-7-3-8-14-22)19-26-25(27)28-24-15-9-4-10-16-24/h2-16,20,23H,17-19H2,1H3,(H,26,27). The second-order valence-corrected chi connectivity index (χ2v) is 7.08. The minimum absolute atomic E-state index is 0.246. The Morgan fingerprint density at radius 1 is 0.786 bits per heavy atom. The lowest BCUT2D eigenvalue weighted by atomic mass is 9.88. The van der Waals surface area contributed by atoms with Gasteiger partial charge in [-0.05, 0) is 42.0 Å². The van der Waals surface area contributed by atoms with Crippen LogP contribution in [0.1, 0.15) is 42.7 Å². The van der Waals surface area contributed by atoms with Crippen molar-refractivity contribution in [3.63, 3.8) is 0 Å². The summed E-state index contributed by atoms with van der Waals surface area (Å²) in [6, 6.07) is 30.1. The monoisotopic (exact) mass is 373 g/mol. The molecule has 0 fully saturated rings. The van der Waals surface area contributed by atoms with E-state index in [0.29, 0.717) is 18.2 Å². The van der Waals surface area contributed by atoms with Crippen LogP contribution in [0.4, 0.5) is 4.79 Å². The van der Waals surface area contributed by atoms with Crippen LogP contribution in [0, 0.1) is 0 Å². The van der Waals surface area contributed by atoms with Crippen molar-refractivity contribution in [2.24, 2.45) is 0 Å². The summed E-state index contributed by atoms with van der Waals surface area (Å²) in [7, 11) is 0. The maximum absolute atomic E-state index is 12.2. The third-order valence-corrected chi connectivity index (χ3v) is 5.03. The zero-order valence-corrected chi connectivity index (χ0v) is 16.3. The molecule has 3 aromatic rings. The molecule has 0 saturated carbocycles. The normalized spacial score (nSPS) is 12.8. The molecule has 1 amide bonds. The SMILES string of the molecule is CC(CCC(CNC(=O)Oc1ccccc1)c1ccccc1)c1ccccc1. The van der Waals surface area contributed by atoms with E-state index in [1.165, 1.54) is 11.1 Å². The second-order valence-electron chi connectivity index (χ2n) is 7.08. The average Bonchev–Trinajstić information content (AvgIpc) is 2.75. The Balaban J connectivity index is 1.58. The van der Waals surface area contributed by atoms with Crippen molar-refractivity contribution in [1.29, 1.82) is 0 Å². The molecule has 144 valence electrons. The predicted molar refractivity (Wildman–Crippen MR) is 114 cm³/mol. The van der Waals surface area contributed by atoms with Crippen LogP contribution in [0.2, 0.25) is 0 Å². The quantitative estimate of drug-likeness (QED) is 0.515. The predicted octanol–water partition coefficient (Wildman–Crippen LogP) is 6.14. The van der Waals surface area contributed by atoms with Gasteiger partial charge in [-0.3, -0.25) is 0 Å². The van der Waals surface area contributed by atoms with Crippen LogP contribution < -0.4 is 10.1 Å². The van der Waals surface area contributed by atoms with E-state index in [0.717, 1.165) is 12.8 Å². The topological polar surface area (TPSA) is 38.3 Å². The fourth-order valence-electron chi connectivity index (χ4n) is 3.35. The fraction of sp³-hybridized carbons (Fsp3) is 0.240. The molecule has 3 aromatic carbocycles. The number of hydrogen-bond acceptors (Lipinski definition) is 2. The molecule has 0 bridgehead atoms. The molecule has 0 heterocycles. The maximum Gasteiger partial charge on any atom is 0.412 e. The van der Waals surface area contributed by atoms with E-state index in [1.807, 2.05) is 42.5 Å². The van der Waals surface area contributed by atoms with Gasteiger partial charge in [-0.15, -0.1) is 0 Å². The van der Waals surface area contributed by atoms with Crippen LogP contribution in [0.15, 0.2) is 91.0 Å². The lowest BCUT2D eigenvalue weighted by Crippen LogP contribution is -2.31. The van der Waals surface area contributed by atoms with Gasteiger partial charge in [0.1, 0.15) is 5.75 Å². The molecule has 3 heteroatoms. The summed E-state index contributed by atoms with van der Waals surface area (Å²) >= 11 is 0. The Morgan fingerprint density at radius 2 is 1.32 bits per heavy atom. The lowest BCUT2D eigenvalue weighted by molar-refractivity contribution is 0.199. The van der Waals surface area contributed by atoms with Gasteiger partial charge in [0.25, 0.3) is 0 Å². The van der Waals surface area contributed by atoms with E-state index >= 15 is 0 Å². The third-order valence-electron chi connectivity index (χ3n) is 5.03. The van der Waals surface area contributed by atoms with Crippen molar-refractivity contribution >= 4 is 6.09 Å². The first kappa shape index (κ1) is 19.7. The summed E-state index contributed by atoms with van der Waals surface area (Å²) < 4.78 is 5.35. The first-order valence-electron chi connectivity index (χ1n) is 9.83. The van der Waals surface area contributed by atoms with Crippen LogP contribution in [0.3, 0.4) is 0 Å². The molecule has 0 aliphatic carbocycles. The fourth-order valence-corrected chi connectivity index (χ4v) is 3.35. The molecular weight excluding hydrogens is 346 g/mol. The van der Waals surface area contributed by atoms with Gasteiger partial charge in [0.15, 0.2) is 0 Å². The summed E-state index contributed by atoms with van der Waals surface area (Å²) in [6.07, 6.45) is 1.63. The molecule has 0 spiro atoms. The van der Waals surface area contributed by atoms with Crippen molar-refractivity contribution < 1.29 is 9.53 Å². The van der Waals surface area contributed by atoms with Gasteiger partial charge >= 0.3 is 6.09 Å². The van der Waals surface area contributed by atoms with Crippen LogP contribution in [-0.4, -0.2) is 12.6 Å². The van der Waals surface area contributed by atoms with E-state index < -0.39 is 6.09 Å². The van der Waals surface area contributed by atoms with Gasteiger partial charge in [-0.1, -0.05) is 85.8 Å². The van der Waals surface area contributed by atoms with Crippen molar-refractivity contribution in [1.82, 2.24) is 5.32 Å². The first-order valence-corrected chi connectivity index (χ1v) is 9.83. The minimum Gasteiger partial charge on any atom is -0.410 e.